The van der Waals surface area contributed by atoms with E-state index in [4.69, 9.17) is 5.84 Å². The largest absolute Gasteiger partial charge is 0.319 e. The van der Waals surface area contributed by atoms with Crippen LogP contribution in [0.3, 0.4) is 0 Å². The maximum absolute atomic E-state index is 13.4. The van der Waals surface area contributed by atoms with Crippen molar-refractivity contribution in [2.75, 3.05) is 10.7 Å². The molecule has 104 valence electrons. The van der Waals surface area contributed by atoms with E-state index >= 15 is 0 Å². The van der Waals surface area contributed by atoms with Gasteiger partial charge in [0.25, 0.3) is 5.91 Å². The molecule has 0 atom stereocenters. The standard InChI is InChI=1S/C12H9F3N4O/c13-7-4-9(15)10(5-8(7)14)18-12(20)6-2-1-3-17-11(6)19-16/h1-5H,16H2,(H,17,19)(H,18,20). The first-order chi connectivity index (χ1) is 9.52. The second kappa shape index (κ2) is 5.57. The molecule has 4 N–H and O–H groups in total. The number of hydrogen-bond donors (Lipinski definition) is 3. The number of nitrogens with zero attached hydrogens (tertiary/aromatic N) is 1. The Labute approximate surface area is 111 Å². The van der Waals surface area contributed by atoms with Crippen LogP contribution in [0.1, 0.15) is 10.4 Å². The third-order valence-corrected chi connectivity index (χ3v) is 2.45. The number of hydrazine groups is 1. The van der Waals surface area contributed by atoms with Crippen molar-refractivity contribution in [3.63, 3.8) is 0 Å². The van der Waals surface area contributed by atoms with E-state index in [-0.39, 0.29) is 11.4 Å². The highest BCUT2D eigenvalue weighted by Crippen LogP contribution is 2.20. The molecule has 20 heavy (non-hydrogen) atoms. The van der Waals surface area contributed by atoms with Crippen LogP contribution in [0.4, 0.5) is 24.7 Å². The van der Waals surface area contributed by atoms with Gasteiger partial charge in [-0.15, -0.1) is 0 Å². The number of amides is 1. The van der Waals surface area contributed by atoms with E-state index in [0.717, 1.165) is 0 Å². The summed E-state index contributed by atoms with van der Waals surface area (Å²) >= 11 is 0. The molecule has 0 saturated carbocycles. The number of nitrogen functional groups attached to an aromatic ring is 1. The number of halogens is 3. The van der Waals surface area contributed by atoms with Crippen LogP contribution in [-0.4, -0.2) is 10.9 Å². The van der Waals surface area contributed by atoms with E-state index in [1.54, 1.807) is 0 Å². The van der Waals surface area contributed by atoms with Gasteiger partial charge in [-0.2, -0.15) is 0 Å². The Morgan fingerprint density at radius 1 is 1.15 bits per heavy atom. The van der Waals surface area contributed by atoms with Crippen molar-refractivity contribution in [3.8, 4) is 0 Å². The van der Waals surface area contributed by atoms with Crippen LogP contribution in [-0.2, 0) is 0 Å². The summed E-state index contributed by atoms with van der Waals surface area (Å²) in [5.74, 6) is 0.766. The fourth-order valence-electron chi connectivity index (χ4n) is 1.51. The van der Waals surface area contributed by atoms with Crippen LogP contribution in [0.5, 0.6) is 0 Å². The second-order valence-corrected chi connectivity index (χ2v) is 3.74. The fraction of sp³-hybridized carbons (Fsp3) is 0. The molecule has 1 aromatic heterocycles. The predicted molar refractivity (Wildman–Crippen MR) is 66.3 cm³/mol. The molecule has 1 amide bonds. The highest BCUT2D eigenvalue weighted by Gasteiger charge is 2.16. The molecule has 0 spiro atoms. The lowest BCUT2D eigenvalue weighted by atomic mass is 10.2. The molecular weight excluding hydrogens is 273 g/mol. The van der Waals surface area contributed by atoms with E-state index in [1.165, 1.54) is 18.3 Å². The van der Waals surface area contributed by atoms with Crippen molar-refractivity contribution >= 4 is 17.4 Å². The lowest BCUT2D eigenvalue weighted by molar-refractivity contribution is 0.102. The number of benzene rings is 1. The van der Waals surface area contributed by atoms with Crippen molar-refractivity contribution in [3.05, 3.63) is 53.5 Å². The summed E-state index contributed by atoms with van der Waals surface area (Å²) < 4.78 is 39.2. The van der Waals surface area contributed by atoms with Gasteiger partial charge in [0.05, 0.1) is 11.3 Å². The molecule has 8 heteroatoms. The summed E-state index contributed by atoms with van der Waals surface area (Å²) in [6, 6.07) is 3.75. The van der Waals surface area contributed by atoms with Crippen molar-refractivity contribution in [1.82, 2.24) is 4.98 Å². The zero-order valence-corrected chi connectivity index (χ0v) is 9.95. The molecule has 0 aliphatic heterocycles. The number of rotatable bonds is 3. The first kappa shape index (κ1) is 13.8. The Balaban J connectivity index is 2.30. The lowest BCUT2D eigenvalue weighted by Gasteiger charge is -2.09. The van der Waals surface area contributed by atoms with E-state index in [9.17, 15) is 18.0 Å². The molecule has 0 fully saturated rings. The minimum atomic E-state index is -1.34. The van der Waals surface area contributed by atoms with Gasteiger partial charge in [-0.25, -0.2) is 24.0 Å². The Morgan fingerprint density at radius 2 is 1.85 bits per heavy atom. The van der Waals surface area contributed by atoms with Gasteiger partial charge in [0.1, 0.15) is 5.82 Å². The lowest BCUT2D eigenvalue weighted by Crippen LogP contribution is -2.19. The summed E-state index contributed by atoms with van der Waals surface area (Å²) in [4.78, 5) is 15.7. The van der Waals surface area contributed by atoms with Crippen molar-refractivity contribution in [2.24, 2.45) is 5.84 Å². The average molecular weight is 282 g/mol. The summed E-state index contributed by atoms with van der Waals surface area (Å²) in [5, 5.41) is 2.11. The summed E-state index contributed by atoms with van der Waals surface area (Å²) in [6.45, 7) is 0. The number of carbonyl (C=O) groups excluding carboxylic acids is 1. The number of nitrogens with one attached hydrogen (secondary N) is 2. The van der Waals surface area contributed by atoms with Gasteiger partial charge >= 0.3 is 0 Å². The first-order valence-corrected chi connectivity index (χ1v) is 5.40. The minimum Gasteiger partial charge on any atom is -0.319 e. The van der Waals surface area contributed by atoms with E-state index < -0.39 is 29.0 Å². The number of pyridine rings is 1. The molecule has 0 unspecified atom stereocenters. The molecule has 0 aliphatic carbocycles. The maximum Gasteiger partial charge on any atom is 0.259 e. The normalized spacial score (nSPS) is 10.2. The first-order valence-electron chi connectivity index (χ1n) is 5.40. The molecule has 0 aliphatic rings. The zero-order valence-electron chi connectivity index (χ0n) is 9.95. The summed E-state index contributed by atoms with van der Waals surface area (Å²) in [5.41, 5.74) is 1.74. The number of anilines is 2. The molecule has 0 bridgehead atoms. The average Bonchev–Trinajstić information content (AvgIpc) is 2.44. The van der Waals surface area contributed by atoms with Crippen molar-refractivity contribution in [1.29, 1.82) is 0 Å². The van der Waals surface area contributed by atoms with Crippen molar-refractivity contribution < 1.29 is 18.0 Å². The van der Waals surface area contributed by atoms with Crippen LogP contribution < -0.4 is 16.6 Å². The highest BCUT2D eigenvalue weighted by atomic mass is 19.2. The van der Waals surface area contributed by atoms with Crippen LogP contribution in [0, 0.1) is 17.5 Å². The topological polar surface area (TPSA) is 80.0 Å². The molecule has 1 aromatic carbocycles. The molecular formula is C12H9F3N4O. The number of nitrogens with two attached hydrogens (primary N) is 1. The minimum absolute atomic E-state index is 0.0270. The SMILES string of the molecule is NNc1ncccc1C(=O)Nc1cc(F)c(F)cc1F. The Morgan fingerprint density at radius 3 is 2.55 bits per heavy atom. The third-order valence-electron chi connectivity index (χ3n) is 2.45. The summed E-state index contributed by atoms with van der Waals surface area (Å²) in [7, 11) is 0. The smallest absolute Gasteiger partial charge is 0.259 e. The van der Waals surface area contributed by atoms with Crippen LogP contribution in [0.2, 0.25) is 0 Å². The molecule has 2 aromatic rings. The third kappa shape index (κ3) is 2.69. The van der Waals surface area contributed by atoms with Gasteiger partial charge in [0, 0.05) is 18.3 Å². The highest BCUT2D eigenvalue weighted by molar-refractivity contribution is 6.07. The van der Waals surface area contributed by atoms with E-state index in [1.807, 2.05) is 0 Å². The number of hydrogen-bond acceptors (Lipinski definition) is 4. The molecule has 0 radical (unpaired) electrons. The van der Waals surface area contributed by atoms with Gasteiger partial charge in [-0.1, -0.05) is 0 Å². The Hall–Kier alpha value is -2.61. The van der Waals surface area contributed by atoms with Crippen LogP contribution in [0.15, 0.2) is 30.5 Å². The predicted octanol–water partition coefficient (Wildman–Crippen LogP) is 2.04. The second-order valence-electron chi connectivity index (χ2n) is 3.74. The van der Waals surface area contributed by atoms with Gasteiger partial charge in [-0.3, -0.25) is 4.79 Å². The van der Waals surface area contributed by atoms with Gasteiger partial charge in [0.15, 0.2) is 17.5 Å². The Bertz CT molecular complexity index is 663. The number of carbonyl (C=O) groups is 1. The molecule has 1 heterocycles. The fourth-order valence-corrected chi connectivity index (χ4v) is 1.51. The van der Waals surface area contributed by atoms with Crippen LogP contribution in [0.25, 0.3) is 0 Å². The summed E-state index contributed by atoms with van der Waals surface area (Å²) in [6.07, 6.45) is 1.39. The zero-order chi connectivity index (χ0) is 14.7. The number of aromatic nitrogens is 1. The van der Waals surface area contributed by atoms with Crippen molar-refractivity contribution in [2.45, 2.75) is 0 Å². The Kier molecular flexibility index (Phi) is 3.85. The van der Waals surface area contributed by atoms with Gasteiger partial charge < -0.3 is 10.7 Å². The molecule has 5 nitrogen and oxygen atoms in total. The molecule has 2 rings (SSSR count). The van der Waals surface area contributed by atoms with Crippen LogP contribution >= 0.6 is 0 Å². The quantitative estimate of drug-likeness (QED) is 0.457. The van der Waals surface area contributed by atoms with Gasteiger partial charge in [-0.05, 0) is 12.1 Å². The van der Waals surface area contributed by atoms with Gasteiger partial charge in [0.2, 0.25) is 0 Å². The van der Waals surface area contributed by atoms with E-state index in [0.29, 0.717) is 12.1 Å². The van der Waals surface area contributed by atoms with E-state index in [2.05, 4.69) is 15.7 Å². The molecule has 0 saturated heterocycles. The monoisotopic (exact) mass is 282 g/mol. The maximum atomic E-state index is 13.4.